The molecule has 0 fully saturated rings. The molecule has 0 aliphatic rings. The van der Waals surface area contributed by atoms with Gasteiger partial charge < -0.3 is 4.74 Å². The van der Waals surface area contributed by atoms with Crippen LogP contribution in [0.1, 0.15) is 51.2 Å². The van der Waals surface area contributed by atoms with Crippen molar-refractivity contribution in [1.82, 2.24) is 0 Å². The molecule has 0 aromatic heterocycles. The van der Waals surface area contributed by atoms with Gasteiger partial charge in [-0.1, -0.05) is 49.6 Å². The van der Waals surface area contributed by atoms with Gasteiger partial charge in [0.25, 0.3) is 0 Å². The van der Waals surface area contributed by atoms with Crippen molar-refractivity contribution >= 4 is 0 Å². The lowest BCUT2D eigenvalue weighted by molar-refractivity contribution is -0.0233. The average Bonchev–Trinajstić information content (AvgIpc) is 2.24. The third-order valence-corrected chi connectivity index (χ3v) is 2.92. The first-order chi connectivity index (χ1) is 7.56. The van der Waals surface area contributed by atoms with Crippen molar-refractivity contribution in [3.8, 4) is 0 Å². The molecule has 0 amide bonds. The zero-order chi connectivity index (χ0) is 12.0. The van der Waals surface area contributed by atoms with E-state index < -0.39 is 0 Å². The molecule has 1 rings (SSSR count). The summed E-state index contributed by atoms with van der Waals surface area (Å²) in [6.07, 6.45) is 3.66. The van der Waals surface area contributed by atoms with Crippen LogP contribution in [0, 0.1) is 6.92 Å². The minimum Gasteiger partial charge on any atom is -0.371 e. The van der Waals surface area contributed by atoms with E-state index in [0.717, 1.165) is 13.0 Å². The summed E-state index contributed by atoms with van der Waals surface area (Å²) in [5.74, 6) is 0. The third kappa shape index (κ3) is 3.97. The summed E-state index contributed by atoms with van der Waals surface area (Å²) in [7, 11) is 0. The van der Waals surface area contributed by atoms with E-state index >= 15 is 0 Å². The van der Waals surface area contributed by atoms with Gasteiger partial charge in [-0.3, -0.25) is 0 Å². The summed E-state index contributed by atoms with van der Waals surface area (Å²) in [6, 6.07) is 8.57. The van der Waals surface area contributed by atoms with E-state index in [1.165, 1.54) is 24.0 Å². The summed E-state index contributed by atoms with van der Waals surface area (Å²) >= 11 is 0. The number of benzene rings is 1. The van der Waals surface area contributed by atoms with Crippen molar-refractivity contribution in [2.24, 2.45) is 0 Å². The predicted octanol–water partition coefficient (Wildman–Crippen LogP) is 4.44. The second-order valence-corrected chi connectivity index (χ2v) is 4.94. The molecule has 0 atom stereocenters. The molecule has 0 unspecified atom stereocenters. The largest absolute Gasteiger partial charge is 0.371 e. The minimum absolute atomic E-state index is 0.167. The van der Waals surface area contributed by atoms with Gasteiger partial charge in [-0.05, 0) is 32.8 Å². The van der Waals surface area contributed by atoms with E-state index in [1.54, 1.807) is 0 Å². The normalized spacial score (nSPS) is 11.8. The molecule has 1 aromatic rings. The first kappa shape index (κ1) is 13.2. The van der Waals surface area contributed by atoms with E-state index in [-0.39, 0.29) is 5.60 Å². The highest BCUT2D eigenvalue weighted by Gasteiger charge is 2.20. The highest BCUT2D eigenvalue weighted by molar-refractivity contribution is 5.26. The van der Waals surface area contributed by atoms with E-state index in [9.17, 15) is 0 Å². The SMILES string of the molecule is CCCCCOC(C)(C)c1cccc(C)c1. The van der Waals surface area contributed by atoms with Crippen LogP contribution in [-0.2, 0) is 10.3 Å². The van der Waals surface area contributed by atoms with Gasteiger partial charge in [0.1, 0.15) is 0 Å². The van der Waals surface area contributed by atoms with Gasteiger partial charge in [0.2, 0.25) is 0 Å². The molecule has 1 nitrogen and oxygen atoms in total. The van der Waals surface area contributed by atoms with Crippen molar-refractivity contribution < 1.29 is 4.74 Å². The van der Waals surface area contributed by atoms with E-state index in [4.69, 9.17) is 4.74 Å². The lowest BCUT2D eigenvalue weighted by atomic mass is 9.96. The zero-order valence-electron chi connectivity index (χ0n) is 11.0. The highest BCUT2D eigenvalue weighted by Crippen LogP contribution is 2.25. The van der Waals surface area contributed by atoms with Crippen LogP contribution in [0.2, 0.25) is 0 Å². The molecule has 16 heavy (non-hydrogen) atoms. The monoisotopic (exact) mass is 220 g/mol. The van der Waals surface area contributed by atoms with E-state index in [0.29, 0.717) is 0 Å². The summed E-state index contributed by atoms with van der Waals surface area (Å²) in [5.41, 5.74) is 2.39. The van der Waals surface area contributed by atoms with Crippen molar-refractivity contribution in [2.45, 2.75) is 52.6 Å². The highest BCUT2D eigenvalue weighted by atomic mass is 16.5. The lowest BCUT2D eigenvalue weighted by Gasteiger charge is -2.26. The van der Waals surface area contributed by atoms with Gasteiger partial charge in [0.05, 0.1) is 5.60 Å². The quantitative estimate of drug-likeness (QED) is 0.644. The van der Waals surface area contributed by atoms with Crippen molar-refractivity contribution in [1.29, 1.82) is 0 Å². The molecular weight excluding hydrogens is 196 g/mol. The zero-order valence-corrected chi connectivity index (χ0v) is 11.0. The summed E-state index contributed by atoms with van der Waals surface area (Å²) in [4.78, 5) is 0. The Balaban J connectivity index is 2.55. The molecule has 0 radical (unpaired) electrons. The molecular formula is C15H24O. The molecule has 0 bridgehead atoms. The molecule has 0 aliphatic carbocycles. The standard InChI is InChI=1S/C15H24O/c1-5-6-7-11-16-15(3,4)14-10-8-9-13(2)12-14/h8-10,12H,5-7,11H2,1-4H3. The molecule has 90 valence electrons. The van der Waals surface area contributed by atoms with Gasteiger partial charge in [0, 0.05) is 6.61 Å². The maximum absolute atomic E-state index is 5.97. The molecule has 0 heterocycles. The van der Waals surface area contributed by atoms with Crippen molar-refractivity contribution in [2.75, 3.05) is 6.61 Å². The first-order valence-electron chi connectivity index (χ1n) is 6.27. The Morgan fingerprint density at radius 2 is 1.94 bits per heavy atom. The fourth-order valence-electron chi connectivity index (χ4n) is 1.78. The van der Waals surface area contributed by atoms with Crippen LogP contribution < -0.4 is 0 Å². The Morgan fingerprint density at radius 1 is 1.19 bits per heavy atom. The molecule has 0 spiro atoms. The number of aryl methyl sites for hydroxylation is 1. The molecule has 0 N–H and O–H groups in total. The Hall–Kier alpha value is -0.820. The third-order valence-electron chi connectivity index (χ3n) is 2.92. The van der Waals surface area contributed by atoms with Gasteiger partial charge in [-0.15, -0.1) is 0 Å². The van der Waals surface area contributed by atoms with E-state index in [1.807, 2.05) is 0 Å². The number of unbranched alkanes of at least 4 members (excludes halogenated alkanes) is 2. The maximum Gasteiger partial charge on any atom is 0.0875 e. The minimum atomic E-state index is -0.167. The number of hydrogen-bond acceptors (Lipinski definition) is 1. The first-order valence-corrected chi connectivity index (χ1v) is 6.27. The van der Waals surface area contributed by atoms with Gasteiger partial charge in [-0.2, -0.15) is 0 Å². The Morgan fingerprint density at radius 3 is 2.56 bits per heavy atom. The Kier molecular flexibility index (Phi) is 5.01. The van der Waals surface area contributed by atoms with Gasteiger partial charge >= 0.3 is 0 Å². The van der Waals surface area contributed by atoms with Gasteiger partial charge in [-0.25, -0.2) is 0 Å². The summed E-state index contributed by atoms with van der Waals surface area (Å²) in [5, 5.41) is 0. The fraction of sp³-hybridized carbons (Fsp3) is 0.600. The van der Waals surface area contributed by atoms with E-state index in [2.05, 4.69) is 52.0 Å². The lowest BCUT2D eigenvalue weighted by Crippen LogP contribution is -2.22. The van der Waals surface area contributed by atoms with Crippen molar-refractivity contribution in [3.63, 3.8) is 0 Å². The topological polar surface area (TPSA) is 9.23 Å². The molecule has 1 aromatic carbocycles. The van der Waals surface area contributed by atoms with Crippen LogP contribution in [0.25, 0.3) is 0 Å². The number of hydrogen-bond donors (Lipinski definition) is 0. The second-order valence-electron chi connectivity index (χ2n) is 4.94. The van der Waals surface area contributed by atoms with Crippen LogP contribution in [0.3, 0.4) is 0 Å². The Bertz CT molecular complexity index is 315. The van der Waals surface area contributed by atoms with Crippen LogP contribution in [0.4, 0.5) is 0 Å². The molecule has 1 heteroatoms. The van der Waals surface area contributed by atoms with Gasteiger partial charge in [0.15, 0.2) is 0 Å². The predicted molar refractivity (Wildman–Crippen MR) is 69.7 cm³/mol. The molecule has 0 saturated heterocycles. The Labute approximate surface area is 99.8 Å². The van der Waals surface area contributed by atoms with Crippen molar-refractivity contribution in [3.05, 3.63) is 35.4 Å². The number of rotatable bonds is 6. The fourth-order valence-corrected chi connectivity index (χ4v) is 1.78. The maximum atomic E-state index is 5.97. The van der Waals surface area contributed by atoms with Crippen LogP contribution in [-0.4, -0.2) is 6.61 Å². The number of ether oxygens (including phenoxy) is 1. The second kappa shape index (κ2) is 6.05. The van der Waals surface area contributed by atoms with Crippen LogP contribution in [0.5, 0.6) is 0 Å². The smallest absolute Gasteiger partial charge is 0.0875 e. The van der Waals surface area contributed by atoms with Crippen LogP contribution in [0.15, 0.2) is 24.3 Å². The van der Waals surface area contributed by atoms with Crippen LogP contribution >= 0.6 is 0 Å². The molecule has 0 aliphatic heterocycles. The molecule has 0 saturated carbocycles. The summed E-state index contributed by atoms with van der Waals surface area (Å²) < 4.78 is 5.97. The average molecular weight is 220 g/mol. The summed E-state index contributed by atoms with van der Waals surface area (Å²) in [6.45, 7) is 9.48.